The van der Waals surface area contributed by atoms with E-state index >= 15 is 0 Å². The van der Waals surface area contributed by atoms with Gasteiger partial charge in [-0.3, -0.25) is 4.68 Å². The van der Waals surface area contributed by atoms with Gasteiger partial charge in [-0.2, -0.15) is 5.10 Å². The molecule has 1 aromatic carbocycles. The van der Waals surface area contributed by atoms with E-state index in [1.807, 2.05) is 31.8 Å². The Balaban J connectivity index is 0.000000531. The Kier molecular flexibility index (Phi) is 3.89. The molecule has 0 saturated heterocycles. The van der Waals surface area contributed by atoms with Gasteiger partial charge in [-0.05, 0) is 17.5 Å². The zero-order chi connectivity index (χ0) is 11.4. The molecule has 2 rings (SSSR count). The van der Waals surface area contributed by atoms with Crippen LogP contribution in [0.5, 0.6) is 0 Å². The van der Waals surface area contributed by atoms with Crippen molar-refractivity contribution in [1.82, 2.24) is 9.78 Å². The number of hydrogen-bond acceptors (Lipinski definition) is 1. The zero-order valence-corrected chi connectivity index (χ0v) is 10.3. The Labute approximate surface area is 91.9 Å². The van der Waals surface area contributed by atoms with Crippen molar-refractivity contribution in [3.63, 3.8) is 0 Å². The Bertz CT molecular complexity index is 427. The molecule has 0 aliphatic carbocycles. The molecule has 0 saturated carbocycles. The maximum atomic E-state index is 4.37. The van der Waals surface area contributed by atoms with Gasteiger partial charge in [0.1, 0.15) is 0 Å². The van der Waals surface area contributed by atoms with Gasteiger partial charge < -0.3 is 0 Å². The van der Waals surface area contributed by atoms with Crippen LogP contribution >= 0.6 is 0 Å². The van der Waals surface area contributed by atoms with Gasteiger partial charge >= 0.3 is 0 Å². The molecule has 2 heteroatoms. The summed E-state index contributed by atoms with van der Waals surface area (Å²) in [6, 6.07) is 6.48. The summed E-state index contributed by atoms with van der Waals surface area (Å²) < 4.78 is 1.86. The largest absolute Gasteiger partial charge is 0.275 e. The van der Waals surface area contributed by atoms with Crippen molar-refractivity contribution in [2.24, 2.45) is 7.05 Å². The van der Waals surface area contributed by atoms with Crippen LogP contribution in [0.3, 0.4) is 0 Å². The molecular formula is C13H20N2. The van der Waals surface area contributed by atoms with E-state index < -0.39 is 0 Å². The Hall–Kier alpha value is -1.31. The SMILES string of the molecule is CC.CC(C)c1ccc2cn(C)nc2c1. The molecule has 0 unspecified atom stereocenters. The summed E-state index contributed by atoms with van der Waals surface area (Å²) in [5, 5.41) is 5.59. The lowest BCUT2D eigenvalue weighted by Crippen LogP contribution is -1.87. The van der Waals surface area contributed by atoms with Crippen LogP contribution < -0.4 is 0 Å². The van der Waals surface area contributed by atoms with Crippen molar-refractivity contribution in [3.05, 3.63) is 30.0 Å². The fourth-order valence-electron chi connectivity index (χ4n) is 1.52. The van der Waals surface area contributed by atoms with E-state index in [1.54, 1.807) is 0 Å². The molecule has 0 radical (unpaired) electrons. The molecule has 2 nitrogen and oxygen atoms in total. The van der Waals surface area contributed by atoms with Crippen LogP contribution in [0, 0.1) is 0 Å². The molecule has 0 bridgehead atoms. The predicted octanol–water partition coefficient (Wildman–Crippen LogP) is 3.72. The summed E-state index contributed by atoms with van der Waals surface area (Å²) in [6.07, 6.45) is 2.04. The van der Waals surface area contributed by atoms with E-state index in [1.165, 1.54) is 10.9 Å². The lowest BCUT2D eigenvalue weighted by atomic mass is 10.0. The molecular weight excluding hydrogens is 184 g/mol. The molecule has 15 heavy (non-hydrogen) atoms. The third-order valence-electron chi connectivity index (χ3n) is 2.31. The molecule has 0 atom stereocenters. The van der Waals surface area contributed by atoms with Crippen LogP contribution in [0.1, 0.15) is 39.2 Å². The molecule has 82 valence electrons. The molecule has 2 aromatic rings. The second-order valence-electron chi connectivity index (χ2n) is 3.78. The summed E-state index contributed by atoms with van der Waals surface area (Å²) >= 11 is 0. The highest BCUT2D eigenvalue weighted by Gasteiger charge is 2.02. The van der Waals surface area contributed by atoms with Crippen molar-refractivity contribution < 1.29 is 0 Å². The summed E-state index contributed by atoms with van der Waals surface area (Å²) in [5.41, 5.74) is 2.44. The summed E-state index contributed by atoms with van der Waals surface area (Å²) in [4.78, 5) is 0. The van der Waals surface area contributed by atoms with Crippen molar-refractivity contribution in [2.45, 2.75) is 33.6 Å². The minimum atomic E-state index is 0.575. The Morgan fingerprint density at radius 1 is 1.20 bits per heavy atom. The van der Waals surface area contributed by atoms with Gasteiger partial charge in [0, 0.05) is 18.6 Å². The van der Waals surface area contributed by atoms with Crippen molar-refractivity contribution in [3.8, 4) is 0 Å². The topological polar surface area (TPSA) is 17.8 Å². The standard InChI is InChI=1S/C11H14N2.C2H6/c1-8(2)9-4-5-10-7-13(3)12-11(10)6-9;1-2/h4-8H,1-3H3;1-2H3. The Morgan fingerprint density at radius 3 is 2.47 bits per heavy atom. The van der Waals surface area contributed by atoms with E-state index in [2.05, 4.69) is 37.1 Å². The van der Waals surface area contributed by atoms with Crippen molar-refractivity contribution in [1.29, 1.82) is 0 Å². The van der Waals surface area contributed by atoms with E-state index in [4.69, 9.17) is 0 Å². The third kappa shape index (κ3) is 2.58. The van der Waals surface area contributed by atoms with Crippen LogP contribution in [-0.2, 0) is 7.05 Å². The summed E-state index contributed by atoms with van der Waals surface area (Å²) in [5.74, 6) is 0.575. The number of aryl methyl sites for hydroxylation is 1. The third-order valence-corrected chi connectivity index (χ3v) is 2.31. The van der Waals surface area contributed by atoms with Crippen molar-refractivity contribution >= 4 is 10.9 Å². The molecule has 1 aromatic heterocycles. The van der Waals surface area contributed by atoms with Gasteiger partial charge in [-0.25, -0.2) is 0 Å². The first-order valence-corrected chi connectivity index (χ1v) is 5.60. The predicted molar refractivity (Wildman–Crippen MR) is 66.2 cm³/mol. The van der Waals surface area contributed by atoms with Gasteiger partial charge in [-0.15, -0.1) is 0 Å². The Morgan fingerprint density at radius 2 is 1.87 bits per heavy atom. The van der Waals surface area contributed by atoms with Crippen LogP contribution in [0.4, 0.5) is 0 Å². The van der Waals surface area contributed by atoms with Gasteiger partial charge in [0.05, 0.1) is 5.52 Å². The van der Waals surface area contributed by atoms with Crippen LogP contribution in [0.25, 0.3) is 10.9 Å². The second kappa shape index (κ2) is 4.96. The molecule has 0 aliphatic rings. The van der Waals surface area contributed by atoms with Crippen LogP contribution in [0.15, 0.2) is 24.4 Å². The lowest BCUT2D eigenvalue weighted by Gasteiger charge is -2.03. The smallest absolute Gasteiger partial charge is 0.0926 e. The van der Waals surface area contributed by atoms with E-state index in [-0.39, 0.29) is 0 Å². The number of benzene rings is 1. The van der Waals surface area contributed by atoms with Crippen LogP contribution in [-0.4, -0.2) is 9.78 Å². The molecule has 1 heterocycles. The number of aromatic nitrogens is 2. The number of rotatable bonds is 1. The molecule has 0 spiro atoms. The molecule has 0 amide bonds. The average Bonchev–Trinajstić information content (AvgIpc) is 2.59. The van der Waals surface area contributed by atoms with E-state index in [0.29, 0.717) is 5.92 Å². The van der Waals surface area contributed by atoms with E-state index in [9.17, 15) is 0 Å². The lowest BCUT2D eigenvalue weighted by molar-refractivity contribution is 0.779. The second-order valence-corrected chi connectivity index (χ2v) is 3.78. The fourth-order valence-corrected chi connectivity index (χ4v) is 1.52. The first-order valence-electron chi connectivity index (χ1n) is 5.60. The monoisotopic (exact) mass is 204 g/mol. The van der Waals surface area contributed by atoms with Gasteiger partial charge in [0.15, 0.2) is 0 Å². The quantitative estimate of drug-likeness (QED) is 0.692. The average molecular weight is 204 g/mol. The number of hydrogen-bond donors (Lipinski definition) is 0. The number of nitrogens with zero attached hydrogens (tertiary/aromatic N) is 2. The summed E-state index contributed by atoms with van der Waals surface area (Å²) in [6.45, 7) is 8.40. The number of fused-ring (bicyclic) bond motifs is 1. The minimum Gasteiger partial charge on any atom is -0.275 e. The molecule has 0 N–H and O–H groups in total. The summed E-state index contributed by atoms with van der Waals surface area (Å²) in [7, 11) is 1.95. The highest BCUT2D eigenvalue weighted by atomic mass is 15.2. The first kappa shape index (κ1) is 11.8. The van der Waals surface area contributed by atoms with Gasteiger partial charge in [0.2, 0.25) is 0 Å². The zero-order valence-electron chi connectivity index (χ0n) is 10.3. The first-order chi connectivity index (χ1) is 7.16. The maximum absolute atomic E-state index is 4.37. The van der Waals surface area contributed by atoms with Crippen molar-refractivity contribution in [2.75, 3.05) is 0 Å². The van der Waals surface area contributed by atoms with Gasteiger partial charge in [-0.1, -0.05) is 39.8 Å². The highest BCUT2D eigenvalue weighted by molar-refractivity contribution is 5.78. The van der Waals surface area contributed by atoms with Gasteiger partial charge in [0.25, 0.3) is 0 Å². The highest BCUT2D eigenvalue weighted by Crippen LogP contribution is 2.19. The molecule has 0 aliphatic heterocycles. The molecule has 0 fully saturated rings. The fraction of sp³-hybridized carbons (Fsp3) is 0.462. The van der Waals surface area contributed by atoms with E-state index in [0.717, 1.165) is 5.52 Å². The maximum Gasteiger partial charge on any atom is 0.0926 e. The van der Waals surface area contributed by atoms with Crippen LogP contribution in [0.2, 0.25) is 0 Å². The minimum absolute atomic E-state index is 0.575. The normalized spacial score (nSPS) is 10.3.